The first-order valence-electron chi connectivity index (χ1n) is 18.3. The summed E-state index contributed by atoms with van der Waals surface area (Å²) in [5.41, 5.74) is 12.0. The molecule has 0 saturated heterocycles. The van der Waals surface area contributed by atoms with Crippen molar-refractivity contribution in [2.75, 3.05) is 0 Å². The highest BCUT2D eigenvalue weighted by molar-refractivity contribution is 7.38. The van der Waals surface area contributed by atoms with Gasteiger partial charge in [-0.1, -0.05) is 52.0 Å². The van der Waals surface area contributed by atoms with Gasteiger partial charge in [-0.05, 0) is 46.5 Å². The van der Waals surface area contributed by atoms with Gasteiger partial charge in [0.1, 0.15) is 57.5 Å². The van der Waals surface area contributed by atoms with Crippen molar-refractivity contribution in [3.05, 3.63) is 80.9 Å². The van der Waals surface area contributed by atoms with Crippen LogP contribution >= 0.6 is 91.5 Å². The summed E-state index contributed by atoms with van der Waals surface area (Å²) in [7, 11) is 0. The van der Waals surface area contributed by atoms with Crippen LogP contribution in [0.15, 0.2) is 47.5 Å². The SMILES string of the molecule is CC1(C)c2c(sc3cc(-c4ccc(C=C(C#N)C#N)c5nsnc45)sc23)-c2sc3c4c(sc3c21)-c1sc2cc(-c3ccc(C=C(C#N)C#N)c5nsnc35)sc2c1C4(C)C. The fourth-order valence-corrected chi connectivity index (χ4v) is 19.9. The average molecular weight is 917 g/mol. The molecular weight excluding hydrogens is 897 g/mol. The third-order valence-electron chi connectivity index (χ3n) is 11.7. The van der Waals surface area contributed by atoms with Crippen molar-refractivity contribution in [1.82, 2.24) is 17.5 Å². The number of hydrogen-bond acceptors (Lipinski definition) is 16. The molecule has 0 radical (unpaired) electrons. The predicted octanol–water partition coefficient (Wildman–Crippen LogP) is 14.3. The number of thiophene rings is 6. The Labute approximate surface area is 373 Å². The van der Waals surface area contributed by atoms with Crippen molar-refractivity contribution in [2.45, 2.75) is 38.5 Å². The molecule has 0 unspecified atom stereocenters. The fourth-order valence-electron chi connectivity index (χ4n) is 9.03. The zero-order chi connectivity index (χ0) is 41.0. The van der Waals surface area contributed by atoms with Crippen LogP contribution in [-0.2, 0) is 10.8 Å². The highest BCUT2D eigenvalue weighted by Gasteiger charge is 2.48. The fraction of sp³-hybridized carbons (Fsp3) is 0.136. The largest absolute Gasteiger partial charge is 0.192 e. The predicted molar refractivity (Wildman–Crippen MR) is 253 cm³/mol. The summed E-state index contributed by atoms with van der Waals surface area (Å²) in [4.78, 5) is 7.88. The molecule has 0 saturated carbocycles. The van der Waals surface area contributed by atoms with E-state index >= 15 is 0 Å². The van der Waals surface area contributed by atoms with Gasteiger partial charge in [0.2, 0.25) is 0 Å². The topological polar surface area (TPSA) is 147 Å². The molecule has 0 fully saturated rings. The molecule has 284 valence electrons. The van der Waals surface area contributed by atoms with E-state index in [2.05, 4.69) is 57.3 Å². The minimum atomic E-state index is -0.178. The van der Waals surface area contributed by atoms with Crippen LogP contribution in [0.4, 0.5) is 0 Å². The van der Waals surface area contributed by atoms with Gasteiger partial charge in [-0.3, -0.25) is 0 Å². The van der Waals surface area contributed by atoms with Gasteiger partial charge in [0.25, 0.3) is 0 Å². The molecule has 2 aliphatic rings. The molecule has 60 heavy (non-hydrogen) atoms. The Kier molecular flexibility index (Phi) is 7.59. The van der Waals surface area contributed by atoms with Crippen molar-refractivity contribution >= 4 is 154 Å². The van der Waals surface area contributed by atoms with Crippen molar-refractivity contribution in [2.24, 2.45) is 0 Å². The van der Waals surface area contributed by atoms with Gasteiger partial charge in [-0.2, -0.15) is 38.5 Å². The Morgan fingerprint density at radius 1 is 0.483 bits per heavy atom. The first-order chi connectivity index (χ1) is 29.0. The lowest BCUT2D eigenvalue weighted by atomic mass is 9.82. The van der Waals surface area contributed by atoms with E-state index in [1.165, 1.54) is 70.0 Å². The molecule has 0 aliphatic heterocycles. The number of allylic oxidation sites excluding steroid dienone is 2. The van der Waals surface area contributed by atoms with Crippen LogP contribution in [0.1, 0.15) is 61.1 Å². The lowest BCUT2D eigenvalue weighted by Crippen LogP contribution is -2.15. The molecule has 0 atom stereocenters. The molecule has 0 spiro atoms. The maximum Gasteiger partial charge on any atom is 0.130 e. The number of rotatable bonds is 4. The number of nitrogens with zero attached hydrogens (tertiary/aromatic N) is 8. The van der Waals surface area contributed by atoms with Gasteiger partial charge in [0, 0.05) is 52.2 Å². The van der Waals surface area contributed by atoms with E-state index in [4.69, 9.17) is 0 Å². The van der Waals surface area contributed by atoms with Crippen LogP contribution in [-0.4, -0.2) is 17.5 Å². The summed E-state index contributed by atoms with van der Waals surface area (Å²) in [5, 5.41) is 37.4. The highest BCUT2D eigenvalue weighted by atomic mass is 32.1. The number of benzene rings is 2. The molecule has 16 heteroatoms. The van der Waals surface area contributed by atoms with Crippen LogP contribution < -0.4 is 0 Å². The summed E-state index contributed by atoms with van der Waals surface area (Å²) in [6.45, 7) is 9.59. The lowest BCUT2D eigenvalue weighted by molar-refractivity contribution is 0.673. The second kappa shape index (κ2) is 12.5. The summed E-state index contributed by atoms with van der Waals surface area (Å²) in [6, 6.07) is 20.4. The zero-order valence-corrected chi connectivity index (χ0v) is 38.0. The highest BCUT2D eigenvalue weighted by Crippen LogP contribution is 2.68. The van der Waals surface area contributed by atoms with Crippen LogP contribution in [0.3, 0.4) is 0 Å². The summed E-state index contributed by atoms with van der Waals surface area (Å²) in [6.07, 6.45) is 3.17. The standard InChI is InChI=1S/C44H20N8S8/c1-43(2)27-35-25(11-23(53-35)21-7-5-19(9-17(13-45)14-46)31-33(21)51-59-49-31)55-37(27)39-29(43)41-42(57-39)30-40(58-41)38-28(44(30,3)4)36-26(56-38)12-24(54-36)22-8-6-20(10-18(15-47)16-48)32-34(22)52-60-50-32/h5-12H,1-4H3. The second-order valence-electron chi connectivity index (χ2n) is 15.6. The summed E-state index contributed by atoms with van der Waals surface area (Å²) >= 11 is 13.7. The Hall–Kier alpha value is -5.50. The van der Waals surface area contributed by atoms with E-state index in [-0.39, 0.29) is 22.0 Å². The van der Waals surface area contributed by atoms with Gasteiger partial charge >= 0.3 is 0 Å². The van der Waals surface area contributed by atoms with Gasteiger partial charge in [0.05, 0.1) is 61.8 Å². The number of fused-ring (bicyclic) bond motifs is 15. The van der Waals surface area contributed by atoms with E-state index < -0.39 is 0 Å². The third-order valence-corrected chi connectivity index (χ3v) is 20.5. The molecule has 8 heterocycles. The molecular formula is C44H20N8S8. The molecule has 0 bridgehead atoms. The van der Waals surface area contributed by atoms with E-state index in [0.717, 1.165) is 66.5 Å². The normalized spacial score (nSPS) is 14.2. The van der Waals surface area contributed by atoms with E-state index in [1.54, 1.807) is 12.2 Å². The minimum absolute atomic E-state index is 0.0391. The number of hydrogen-bond donors (Lipinski definition) is 0. The van der Waals surface area contributed by atoms with Crippen molar-refractivity contribution in [1.29, 1.82) is 21.0 Å². The Morgan fingerprint density at radius 2 is 0.850 bits per heavy atom. The molecule has 0 amide bonds. The van der Waals surface area contributed by atoms with Crippen LogP contribution in [0.5, 0.6) is 0 Å². The van der Waals surface area contributed by atoms with Crippen molar-refractivity contribution < 1.29 is 0 Å². The van der Waals surface area contributed by atoms with E-state index in [1.807, 2.05) is 117 Å². The molecule has 8 aromatic heterocycles. The van der Waals surface area contributed by atoms with Crippen molar-refractivity contribution in [3.63, 3.8) is 0 Å². The third kappa shape index (κ3) is 4.68. The molecule has 8 nitrogen and oxygen atoms in total. The van der Waals surface area contributed by atoms with Gasteiger partial charge < -0.3 is 0 Å². The maximum atomic E-state index is 9.35. The monoisotopic (exact) mass is 916 g/mol. The van der Waals surface area contributed by atoms with Gasteiger partial charge in [-0.25, -0.2) is 0 Å². The zero-order valence-electron chi connectivity index (χ0n) is 31.5. The van der Waals surface area contributed by atoms with Gasteiger partial charge in [0.15, 0.2) is 0 Å². The lowest BCUT2D eigenvalue weighted by Gasteiger charge is -2.21. The molecule has 2 aromatic carbocycles. The molecule has 2 aliphatic carbocycles. The quantitative estimate of drug-likeness (QED) is 0.159. The Balaban J connectivity index is 0.937. The Bertz CT molecular complexity index is 3570. The van der Waals surface area contributed by atoms with Crippen LogP contribution in [0.2, 0.25) is 0 Å². The maximum absolute atomic E-state index is 9.35. The first kappa shape index (κ1) is 36.4. The number of aromatic nitrogens is 4. The molecule has 12 rings (SSSR count). The van der Waals surface area contributed by atoms with Gasteiger partial charge in [-0.15, -0.1) is 68.0 Å². The van der Waals surface area contributed by atoms with E-state index in [9.17, 15) is 21.0 Å². The second-order valence-corrected chi connectivity index (χ2v) is 22.9. The first-order valence-corrected chi connectivity index (χ1v) is 24.7. The number of nitriles is 4. The van der Waals surface area contributed by atoms with Crippen molar-refractivity contribution in [3.8, 4) is 64.7 Å². The van der Waals surface area contributed by atoms with Crippen LogP contribution in [0.25, 0.3) is 103 Å². The average Bonchev–Trinajstić information content (AvgIpc) is 4.07. The molecule has 0 N–H and O–H groups in total. The van der Waals surface area contributed by atoms with Crippen LogP contribution in [0, 0.1) is 45.3 Å². The van der Waals surface area contributed by atoms with E-state index in [0.29, 0.717) is 11.0 Å². The summed E-state index contributed by atoms with van der Waals surface area (Å²) < 4.78 is 26.5. The Morgan fingerprint density at radius 3 is 1.25 bits per heavy atom. The molecule has 10 aromatic rings. The summed E-state index contributed by atoms with van der Waals surface area (Å²) in [5.74, 6) is 0. The smallest absolute Gasteiger partial charge is 0.130 e. The minimum Gasteiger partial charge on any atom is -0.192 e.